The Morgan fingerprint density at radius 1 is 1.30 bits per heavy atom. The number of hydrogen-bond acceptors (Lipinski definition) is 4. The normalized spacial score (nSPS) is 21.2. The molecule has 0 saturated carbocycles. The minimum atomic E-state index is -1.01. The lowest BCUT2D eigenvalue weighted by Crippen LogP contribution is -2.58. The highest BCUT2D eigenvalue weighted by atomic mass is 16.5. The van der Waals surface area contributed by atoms with Crippen molar-refractivity contribution >= 4 is 11.8 Å². The molecule has 1 aliphatic heterocycles. The van der Waals surface area contributed by atoms with Gasteiger partial charge < -0.3 is 19.7 Å². The van der Waals surface area contributed by atoms with Gasteiger partial charge in [0.2, 0.25) is 0 Å². The van der Waals surface area contributed by atoms with Gasteiger partial charge in [-0.25, -0.2) is 0 Å². The number of carbonyl (C=O) groups is 2. The number of hydrogen-bond donors (Lipinski definition) is 1. The maximum absolute atomic E-state index is 12.6. The van der Waals surface area contributed by atoms with Gasteiger partial charge in [-0.1, -0.05) is 0 Å². The predicted octanol–water partition coefficient (Wildman–Crippen LogP) is 1.45. The molecular formula is C17H24N2O4. The van der Waals surface area contributed by atoms with E-state index in [9.17, 15) is 9.59 Å². The summed E-state index contributed by atoms with van der Waals surface area (Å²) in [5.74, 6) is 0.393. The van der Waals surface area contributed by atoms with Crippen LogP contribution in [0.1, 0.15) is 31.1 Å². The molecule has 6 heteroatoms. The Balaban J connectivity index is 2.09. The van der Waals surface area contributed by atoms with Crippen molar-refractivity contribution in [3.63, 3.8) is 0 Å². The lowest BCUT2D eigenvalue weighted by molar-refractivity contribution is -0.153. The van der Waals surface area contributed by atoms with Gasteiger partial charge in [0, 0.05) is 19.2 Å². The minimum absolute atomic E-state index is 0.0871. The maximum Gasteiger partial charge on any atom is 0.254 e. The summed E-state index contributed by atoms with van der Waals surface area (Å²) in [4.78, 5) is 26.2. The van der Waals surface area contributed by atoms with Crippen molar-refractivity contribution in [3.8, 4) is 5.75 Å². The summed E-state index contributed by atoms with van der Waals surface area (Å²) >= 11 is 0. The van der Waals surface area contributed by atoms with Crippen LogP contribution in [-0.4, -0.2) is 55.2 Å². The number of carbonyl (C=O) groups excluding carboxylic acids is 2. The highest BCUT2D eigenvalue weighted by molar-refractivity contribution is 5.95. The lowest BCUT2D eigenvalue weighted by atomic mass is 10.0. The first-order valence-electron chi connectivity index (χ1n) is 7.78. The molecule has 0 unspecified atom stereocenters. The van der Waals surface area contributed by atoms with Crippen molar-refractivity contribution in [2.45, 2.75) is 32.5 Å². The molecule has 23 heavy (non-hydrogen) atoms. The Bertz CT molecular complexity index is 570. The summed E-state index contributed by atoms with van der Waals surface area (Å²) in [5, 5.41) is 2.58. The summed E-state index contributed by atoms with van der Waals surface area (Å²) in [6.07, 6.45) is 0.0871. The van der Waals surface area contributed by atoms with Gasteiger partial charge in [0.25, 0.3) is 11.8 Å². The van der Waals surface area contributed by atoms with E-state index in [1.54, 1.807) is 43.1 Å². The molecule has 6 nitrogen and oxygen atoms in total. The average Bonchev–Trinajstić information content (AvgIpc) is 2.53. The summed E-state index contributed by atoms with van der Waals surface area (Å²) in [7, 11) is 1.56. The Hall–Kier alpha value is -2.08. The fraction of sp³-hybridized carbons (Fsp3) is 0.529. The van der Waals surface area contributed by atoms with Crippen LogP contribution in [0.25, 0.3) is 0 Å². The number of nitrogens with one attached hydrogen (secondary N) is 1. The van der Waals surface area contributed by atoms with E-state index < -0.39 is 5.60 Å². The number of nitrogens with zero attached hydrogens (tertiary/aromatic N) is 1. The third kappa shape index (κ3) is 4.01. The standard InChI is InChI=1S/C17H24N2O4/c1-12(2)23-14-7-5-13(6-8-14)15(20)19-9-10-22-17(3,11-19)16(21)18-4/h5-8,12H,9-11H2,1-4H3,(H,18,21)/t17-/m1/s1. The molecule has 1 atom stereocenters. The number of benzene rings is 1. The molecule has 2 amide bonds. The Labute approximate surface area is 136 Å². The molecule has 2 rings (SSSR count). The highest BCUT2D eigenvalue weighted by Gasteiger charge is 2.40. The third-order valence-corrected chi connectivity index (χ3v) is 3.74. The molecule has 1 N–H and O–H groups in total. The van der Waals surface area contributed by atoms with E-state index in [1.165, 1.54) is 0 Å². The largest absolute Gasteiger partial charge is 0.491 e. The molecule has 0 bridgehead atoms. The van der Waals surface area contributed by atoms with Crippen LogP contribution in [0.15, 0.2) is 24.3 Å². The van der Waals surface area contributed by atoms with Gasteiger partial charge in [0.1, 0.15) is 5.75 Å². The molecule has 1 saturated heterocycles. The maximum atomic E-state index is 12.6. The third-order valence-electron chi connectivity index (χ3n) is 3.74. The van der Waals surface area contributed by atoms with Crippen molar-refractivity contribution in [2.24, 2.45) is 0 Å². The van der Waals surface area contributed by atoms with Gasteiger partial charge in [0.15, 0.2) is 5.60 Å². The SMILES string of the molecule is CNC(=O)[C@@]1(C)CN(C(=O)c2ccc(OC(C)C)cc2)CCO1. The van der Waals surface area contributed by atoms with E-state index in [1.807, 2.05) is 13.8 Å². The van der Waals surface area contributed by atoms with Crippen LogP contribution >= 0.6 is 0 Å². The zero-order chi connectivity index (χ0) is 17.0. The molecule has 1 aliphatic rings. The number of morpholine rings is 1. The quantitative estimate of drug-likeness (QED) is 0.912. The van der Waals surface area contributed by atoms with E-state index in [2.05, 4.69) is 5.32 Å². The summed E-state index contributed by atoms with van der Waals surface area (Å²) in [6.45, 7) is 6.64. The van der Waals surface area contributed by atoms with Gasteiger partial charge in [-0.15, -0.1) is 0 Å². The van der Waals surface area contributed by atoms with Gasteiger partial charge >= 0.3 is 0 Å². The predicted molar refractivity (Wildman–Crippen MR) is 86.5 cm³/mol. The minimum Gasteiger partial charge on any atom is -0.491 e. The van der Waals surface area contributed by atoms with Gasteiger partial charge in [-0.05, 0) is 45.0 Å². The second kappa shape index (κ2) is 7.00. The number of ether oxygens (including phenoxy) is 2. The summed E-state index contributed by atoms with van der Waals surface area (Å²) in [6, 6.07) is 7.05. The molecule has 1 aromatic carbocycles. The van der Waals surface area contributed by atoms with Crippen molar-refractivity contribution in [1.29, 1.82) is 0 Å². The van der Waals surface area contributed by atoms with E-state index in [0.717, 1.165) is 5.75 Å². The van der Waals surface area contributed by atoms with Gasteiger partial charge in [0.05, 0.1) is 19.3 Å². The van der Waals surface area contributed by atoms with Crippen LogP contribution < -0.4 is 10.1 Å². The molecule has 0 spiro atoms. The van der Waals surface area contributed by atoms with Crippen molar-refractivity contribution < 1.29 is 19.1 Å². The summed E-state index contributed by atoms with van der Waals surface area (Å²) < 4.78 is 11.1. The molecule has 126 valence electrons. The fourth-order valence-corrected chi connectivity index (χ4v) is 2.58. The monoisotopic (exact) mass is 320 g/mol. The molecule has 0 radical (unpaired) electrons. The first-order valence-corrected chi connectivity index (χ1v) is 7.78. The molecule has 1 aromatic rings. The molecule has 0 aliphatic carbocycles. The second-order valence-corrected chi connectivity index (χ2v) is 6.08. The first kappa shape index (κ1) is 17.3. The second-order valence-electron chi connectivity index (χ2n) is 6.08. The Morgan fingerprint density at radius 3 is 2.52 bits per heavy atom. The zero-order valence-electron chi connectivity index (χ0n) is 14.1. The average molecular weight is 320 g/mol. The lowest BCUT2D eigenvalue weighted by Gasteiger charge is -2.39. The van der Waals surface area contributed by atoms with Crippen LogP contribution in [0, 0.1) is 0 Å². The summed E-state index contributed by atoms with van der Waals surface area (Å²) in [5.41, 5.74) is -0.439. The number of amides is 2. The molecule has 1 fully saturated rings. The van der Waals surface area contributed by atoms with Crippen molar-refractivity contribution in [2.75, 3.05) is 26.7 Å². The van der Waals surface area contributed by atoms with E-state index >= 15 is 0 Å². The molecule has 1 heterocycles. The van der Waals surface area contributed by atoms with E-state index in [4.69, 9.17) is 9.47 Å². The van der Waals surface area contributed by atoms with E-state index in [-0.39, 0.29) is 24.5 Å². The smallest absolute Gasteiger partial charge is 0.254 e. The van der Waals surface area contributed by atoms with Crippen LogP contribution in [0.2, 0.25) is 0 Å². The van der Waals surface area contributed by atoms with Gasteiger partial charge in [-0.2, -0.15) is 0 Å². The number of rotatable bonds is 4. The molecular weight excluding hydrogens is 296 g/mol. The van der Waals surface area contributed by atoms with E-state index in [0.29, 0.717) is 18.7 Å². The zero-order valence-corrected chi connectivity index (χ0v) is 14.1. The first-order chi connectivity index (χ1) is 10.9. The van der Waals surface area contributed by atoms with Crippen LogP contribution in [-0.2, 0) is 9.53 Å². The Morgan fingerprint density at radius 2 is 1.96 bits per heavy atom. The molecule has 0 aromatic heterocycles. The Kier molecular flexibility index (Phi) is 5.26. The highest BCUT2D eigenvalue weighted by Crippen LogP contribution is 2.21. The number of likely N-dealkylation sites (N-methyl/N-ethyl adjacent to an activating group) is 1. The van der Waals surface area contributed by atoms with Crippen molar-refractivity contribution in [1.82, 2.24) is 10.2 Å². The van der Waals surface area contributed by atoms with Crippen LogP contribution in [0.5, 0.6) is 5.75 Å². The van der Waals surface area contributed by atoms with Crippen molar-refractivity contribution in [3.05, 3.63) is 29.8 Å². The van der Waals surface area contributed by atoms with Crippen LogP contribution in [0.4, 0.5) is 0 Å². The van der Waals surface area contributed by atoms with Crippen LogP contribution in [0.3, 0.4) is 0 Å². The van der Waals surface area contributed by atoms with Gasteiger partial charge in [-0.3, -0.25) is 9.59 Å². The fourth-order valence-electron chi connectivity index (χ4n) is 2.58. The topological polar surface area (TPSA) is 67.9 Å².